The number of hydrogen-bond acceptors (Lipinski definition) is 4. The third kappa shape index (κ3) is 5.28. The van der Waals surface area contributed by atoms with E-state index >= 15 is 0 Å². The number of likely N-dealkylation sites (tertiary alicyclic amines) is 1. The van der Waals surface area contributed by atoms with Crippen LogP contribution in [-0.4, -0.2) is 53.6 Å². The molecule has 0 unspecified atom stereocenters. The second-order valence-corrected chi connectivity index (χ2v) is 5.21. The van der Waals surface area contributed by atoms with Gasteiger partial charge in [-0.1, -0.05) is 30.3 Å². The highest BCUT2D eigenvalue weighted by atomic mass is 16.5. The maximum absolute atomic E-state index is 9.92. The maximum atomic E-state index is 9.92. The van der Waals surface area contributed by atoms with Crippen molar-refractivity contribution in [2.45, 2.75) is 31.7 Å². The number of β-amino-alcohol motifs (C(OH)–C–C–N with tert-alkyl or cyclic N) is 2. The van der Waals surface area contributed by atoms with Crippen LogP contribution < -0.4 is 0 Å². The Morgan fingerprint density at radius 3 is 2.84 bits per heavy atom. The van der Waals surface area contributed by atoms with Gasteiger partial charge in [-0.25, -0.2) is 0 Å². The number of rotatable bonds is 6. The topological polar surface area (TPSA) is 52.9 Å². The minimum absolute atomic E-state index is 0.244. The lowest BCUT2D eigenvalue weighted by Gasteiger charge is -2.31. The second-order valence-electron chi connectivity index (χ2n) is 5.21. The zero-order chi connectivity index (χ0) is 13.5. The molecular weight excluding hydrogens is 242 g/mol. The van der Waals surface area contributed by atoms with Crippen LogP contribution >= 0.6 is 0 Å². The third-order valence-electron chi connectivity index (χ3n) is 3.37. The smallest absolute Gasteiger partial charge is 0.0900 e. The van der Waals surface area contributed by atoms with Crippen LogP contribution in [0.25, 0.3) is 0 Å². The van der Waals surface area contributed by atoms with Crippen molar-refractivity contribution in [3.05, 3.63) is 35.9 Å². The van der Waals surface area contributed by atoms with Gasteiger partial charge in [-0.05, 0) is 24.9 Å². The van der Waals surface area contributed by atoms with Gasteiger partial charge in [0.25, 0.3) is 0 Å². The first-order valence-electron chi connectivity index (χ1n) is 6.94. The van der Waals surface area contributed by atoms with E-state index < -0.39 is 6.10 Å². The van der Waals surface area contributed by atoms with E-state index in [1.165, 1.54) is 0 Å². The van der Waals surface area contributed by atoms with Crippen molar-refractivity contribution in [2.75, 3.05) is 26.2 Å². The summed E-state index contributed by atoms with van der Waals surface area (Å²) in [4.78, 5) is 2.10. The van der Waals surface area contributed by atoms with Crippen molar-refractivity contribution in [2.24, 2.45) is 0 Å². The molecule has 4 heteroatoms. The largest absolute Gasteiger partial charge is 0.392 e. The highest BCUT2D eigenvalue weighted by molar-refractivity contribution is 5.13. The summed E-state index contributed by atoms with van der Waals surface area (Å²) >= 11 is 0. The predicted octanol–water partition coefficient (Wildman–Crippen LogP) is 1.02. The summed E-state index contributed by atoms with van der Waals surface area (Å²) in [7, 11) is 0. The van der Waals surface area contributed by atoms with Gasteiger partial charge in [0.15, 0.2) is 0 Å². The van der Waals surface area contributed by atoms with Crippen molar-refractivity contribution in [3.63, 3.8) is 0 Å². The summed E-state index contributed by atoms with van der Waals surface area (Å²) in [5.74, 6) is 0. The van der Waals surface area contributed by atoms with Crippen molar-refractivity contribution in [1.29, 1.82) is 0 Å². The van der Waals surface area contributed by atoms with Gasteiger partial charge in [-0.3, -0.25) is 4.90 Å². The number of aliphatic hydroxyl groups is 2. The molecule has 0 aromatic heterocycles. The lowest BCUT2D eigenvalue weighted by Crippen LogP contribution is -2.43. The molecule has 1 fully saturated rings. The molecule has 0 radical (unpaired) electrons. The van der Waals surface area contributed by atoms with Crippen LogP contribution in [-0.2, 0) is 11.3 Å². The Morgan fingerprint density at radius 2 is 2.11 bits per heavy atom. The molecule has 106 valence electrons. The highest BCUT2D eigenvalue weighted by Gasteiger charge is 2.19. The third-order valence-corrected chi connectivity index (χ3v) is 3.37. The summed E-state index contributed by atoms with van der Waals surface area (Å²) in [6, 6.07) is 9.94. The summed E-state index contributed by atoms with van der Waals surface area (Å²) in [6.07, 6.45) is 1.13. The molecule has 0 spiro atoms. The monoisotopic (exact) mass is 265 g/mol. The standard InChI is InChI=1S/C15H23NO3/c17-14-7-4-8-16(9-14)10-15(18)12-19-11-13-5-2-1-3-6-13/h1-3,5-6,14-15,17-18H,4,7-12H2/t14-,15-/m1/s1. The second kappa shape index (κ2) is 7.60. The number of ether oxygens (including phenoxy) is 1. The van der Waals surface area contributed by atoms with Crippen LogP contribution in [0, 0.1) is 0 Å². The quantitative estimate of drug-likeness (QED) is 0.806. The predicted molar refractivity (Wildman–Crippen MR) is 73.8 cm³/mol. The molecule has 4 nitrogen and oxygen atoms in total. The number of aliphatic hydroxyl groups excluding tert-OH is 2. The van der Waals surface area contributed by atoms with Gasteiger partial charge in [0.1, 0.15) is 0 Å². The molecule has 0 aliphatic carbocycles. The molecule has 0 bridgehead atoms. The van der Waals surface area contributed by atoms with E-state index in [2.05, 4.69) is 4.90 Å². The van der Waals surface area contributed by atoms with Crippen LogP contribution in [0.3, 0.4) is 0 Å². The van der Waals surface area contributed by atoms with Gasteiger partial charge in [0.05, 0.1) is 25.4 Å². The van der Waals surface area contributed by atoms with E-state index in [0.717, 1.165) is 24.9 Å². The van der Waals surface area contributed by atoms with Gasteiger partial charge in [-0.2, -0.15) is 0 Å². The average Bonchev–Trinajstić information content (AvgIpc) is 2.40. The Balaban J connectivity index is 1.63. The molecule has 0 amide bonds. The molecule has 0 saturated carbocycles. The van der Waals surface area contributed by atoms with E-state index in [1.54, 1.807) is 0 Å². The van der Waals surface area contributed by atoms with Crippen LogP contribution in [0.5, 0.6) is 0 Å². The van der Waals surface area contributed by atoms with Crippen LogP contribution in [0.4, 0.5) is 0 Å². The molecule has 1 aliphatic rings. The normalized spacial score (nSPS) is 22.3. The summed E-state index contributed by atoms with van der Waals surface area (Å²) < 4.78 is 5.51. The minimum Gasteiger partial charge on any atom is -0.392 e. The fraction of sp³-hybridized carbons (Fsp3) is 0.600. The van der Waals surface area contributed by atoms with Crippen molar-refractivity contribution in [3.8, 4) is 0 Å². The Kier molecular flexibility index (Phi) is 5.79. The van der Waals surface area contributed by atoms with E-state index in [1.807, 2.05) is 30.3 Å². The first-order chi connectivity index (χ1) is 9.24. The number of benzene rings is 1. The molecule has 1 aromatic carbocycles. The fourth-order valence-corrected chi connectivity index (χ4v) is 2.43. The van der Waals surface area contributed by atoms with Crippen molar-refractivity contribution < 1.29 is 14.9 Å². The Labute approximate surface area is 114 Å². The summed E-state index contributed by atoms with van der Waals surface area (Å²) in [5.41, 5.74) is 1.11. The molecular formula is C15H23NO3. The van der Waals surface area contributed by atoms with E-state index in [0.29, 0.717) is 26.3 Å². The van der Waals surface area contributed by atoms with E-state index in [9.17, 15) is 10.2 Å². The van der Waals surface area contributed by atoms with Gasteiger partial charge < -0.3 is 14.9 Å². The van der Waals surface area contributed by atoms with Gasteiger partial charge in [0, 0.05) is 13.1 Å². The average molecular weight is 265 g/mol. The maximum Gasteiger partial charge on any atom is 0.0900 e. The molecule has 2 atom stereocenters. The zero-order valence-electron chi connectivity index (χ0n) is 11.2. The fourth-order valence-electron chi connectivity index (χ4n) is 2.43. The van der Waals surface area contributed by atoms with Crippen LogP contribution in [0.15, 0.2) is 30.3 Å². The van der Waals surface area contributed by atoms with Gasteiger partial charge >= 0.3 is 0 Å². The van der Waals surface area contributed by atoms with Crippen LogP contribution in [0.1, 0.15) is 18.4 Å². The first-order valence-corrected chi connectivity index (χ1v) is 6.94. The number of hydrogen-bond donors (Lipinski definition) is 2. The Morgan fingerprint density at radius 1 is 1.32 bits per heavy atom. The van der Waals surface area contributed by atoms with E-state index in [4.69, 9.17) is 4.74 Å². The summed E-state index contributed by atoms with van der Waals surface area (Å²) in [5, 5.41) is 19.5. The lowest BCUT2D eigenvalue weighted by molar-refractivity contribution is -0.00734. The minimum atomic E-state index is -0.492. The first kappa shape index (κ1) is 14.5. The lowest BCUT2D eigenvalue weighted by atomic mass is 10.1. The molecule has 2 rings (SSSR count). The molecule has 1 aliphatic heterocycles. The van der Waals surface area contributed by atoms with Gasteiger partial charge in [0.2, 0.25) is 0 Å². The Bertz CT molecular complexity index is 358. The number of piperidine rings is 1. The molecule has 1 heterocycles. The number of nitrogens with zero attached hydrogens (tertiary/aromatic N) is 1. The van der Waals surface area contributed by atoms with Gasteiger partial charge in [-0.15, -0.1) is 0 Å². The zero-order valence-corrected chi connectivity index (χ0v) is 11.2. The SMILES string of the molecule is O[C@@H]1CCCN(C[C@@H](O)COCc2ccccc2)C1. The molecule has 2 N–H and O–H groups in total. The molecule has 19 heavy (non-hydrogen) atoms. The Hall–Kier alpha value is -0.940. The molecule has 1 aromatic rings. The summed E-state index contributed by atoms with van der Waals surface area (Å²) in [6.45, 7) is 3.05. The van der Waals surface area contributed by atoms with E-state index in [-0.39, 0.29) is 6.10 Å². The highest BCUT2D eigenvalue weighted by Crippen LogP contribution is 2.10. The van der Waals surface area contributed by atoms with Crippen LogP contribution in [0.2, 0.25) is 0 Å². The van der Waals surface area contributed by atoms with Crippen molar-refractivity contribution >= 4 is 0 Å². The molecule has 1 saturated heterocycles. The van der Waals surface area contributed by atoms with Crippen molar-refractivity contribution in [1.82, 2.24) is 4.90 Å².